The van der Waals surface area contributed by atoms with Crippen molar-refractivity contribution in [3.05, 3.63) is 60.4 Å². The average molecular weight is 464 g/mol. The number of carboxylic acids is 1. The molecule has 0 radical (unpaired) electrons. The fourth-order valence-electron chi connectivity index (χ4n) is 4.36. The van der Waals surface area contributed by atoms with Gasteiger partial charge in [-0.2, -0.15) is 0 Å². The van der Waals surface area contributed by atoms with E-state index in [-0.39, 0.29) is 29.5 Å². The molecule has 174 valence electrons. The Morgan fingerprint density at radius 3 is 2.47 bits per heavy atom. The van der Waals surface area contributed by atoms with Crippen LogP contribution < -0.4 is 4.74 Å². The van der Waals surface area contributed by atoms with E-state index in [2.05, 4.69) is 19.9 Å². The average Bonchev–Trinajstić information content (AvgIpc) is 3.25. The van der Waals surface area contributed by atoms with Gasteiger partial charge in [-0.3, -0.25) is 9.78 Å². The molecular weight excluding hydrogens is 442 g/mol. The number of carboxylic acid groups (broad SMARTS) is 1. The van der Waals surface area contributed by atoms with E-state index >= 15 is 0 Å². The molecule has 0 amide bonds. The molecule has 1 fully saturated rings. The molecule has 1 aliphatic carbocycles. The van der Waals surface area contributed by atoms with E-state index in [1.165, 1.54) is 6.07 Å². The number of nitrogens with zero attached hydrogens (tertiary/aromatic N) is 3. The predicted molar refractivity (Wildman–Crippen MR) is 121 cm³/mol. The number of fused-ring (bicyclic) bond motifs is 1. The quantitative estimate of drug-likeness (QED) is 0.397. The van der Waals surface area contributed by atoms with Crippen LogP contribution in [0.2, 0.25) is 0 Å². The van der Waals surface area contributed by atoms with Gasteiger partial charge in [0.2, 0.25) is 5.88 Å². The number of ether oxygens (including phenoxy) is 1. The highest BCUT2D eigenvalue weighted by Crippen LogP contribution is 2.30. The lowest BCUT2D eigenvalue weighted by atomic mass is 9.85. The third-order valence-corrected chi connectivity index (χ3v) is 6.12. The Labute approximate surface area is 193 Å². The third kappa shape index (κ3) is 4.73. The first-order valence-corrected chi connectivity index (χ1v) is 11.1. The summed E-state index contributed by atoms with van der Waals surface area (Å²) in [7, 11) is 0. The molecule has 0 unspecified atom stereocenters. The largest absolute Gasteiger partial charge is 0.481 e. The highest BCUT2D eigenvalue weighted by atomic mass is 19.1. The van der Waals surface area contributed by atoms with E-state index in [0.717, 1.165) is 37.3 Å². The smallest absolute Gasteiger partial charge is 0.303 e. The van der Waals surface area contributed by atoms with Crippen LogP contribution in [0.15, 0.2) is 48.8 Å². The number of hydrogen-bond acceptors (Lipinski definition) is 5. The van der Waals surface area contributed by atoms with Crippen molar-refractivity contribution in [2.45, 2.75) is 38.2 Å². The summed E-state index contributed by atoms with van der Waals surface area (Å²) in [4.78, 5) is 26.8. The van der Waals surface area contributed by atoms with Crippen molar-refractivity contribution in [2.24, 2.45) is 5.92 Å². The number of aromatic nitrogens is 4. The number of carbonyl (C=O) groups is 1. The summed E-state index contributed by atoms with van der Waals surface area (Å²) in [6.07, 6.45) is 6.90. The van der Waals surface area contributed by atoms with Crippen molar-refractivity contribution >= 4 is 17.0 Å². The number of aromatic amines is 1. The summed E-state index contributed by atoms with van der Waals surface area (Å²) in [5.74, 6) is -0.980. The highest BCUT2D eigenvalue weighted by molar-refractivity contribution is 5.80. The van der Waals surface area contributed by atoms with E-state index < -0.39 is 17.6 Å². The van der Waals surface area contributed by atoms with Gasteiger partial charge in [0, 0.05) is 42.1 Å². The first-order chi connectivity index (χ1) is 16.4. The fourth-order valence-corrected chi connectivity index (χ4v) is 4.36. The molecule has 1 saturated carbocycles. The maximum Gasteiger partial charge on any atom is 0.303 e. The number of H-pyrrole nitrogens is 1. The van der Waals surface area contributed by atoms with Crippen LogP contribution >= 0.6 is 0 Å². The fraction of sp³-hybridized carbons (Fsp3) is 0.280. The minimum Gasteiger partial charge on any atom is -0.481 e. The zero-order chi connectivity index (χ0) is 23.7. The molecule has 2 N–H and O–H groups in total. The Hall–Kier alpha value is -3.88. The second-order valence-electron chi connectivity index (χ2n) is 8.54. The van der Waals surface area contributed by atoms with Gasteiger partial charge in [-0.25, -0.2) is 18.7 Å². The van der Waals surface area contributed by atoms with Gasteiger partial charge in [0.15, 0.2) is 5.82 Å². The number of benzene rings is 1. The number of pyridine rings is 2. The topological polar surface area (TPSA) is 101 Å². The molecule has 0 aliphatic heterocycles. The number of rotatable bonds is 6. The Bertz CT molecular complexity index is 1310. The van der Waals surface area contributed by atoms with Crippen LogP contribution in [-0.4, -0.2) is 37.1 Å². The van der Waals surface area contributed by atoms with E-state index in [1.807, 2.05) is 6.07 Å². The Kier molecular flexibility index (Phi) is 5.91. The molecule has 5 rings (SSSR count). The molecule has 4 aromatic rings. The predicted octanol–water partition coefficient (Wildman–Crippen LogP) is 5.38. The summed E-state index contributed by atoms with van der Waals surface area (Å²) in [6.45, 7) is 0. The van der Waals surface area contributed by atoms with Crippen molar-refractivity contribution in [1.29, 1.82) is 0 Å². The van der Waals surface area contributed by atoms with E-state index in [4.69, 9.17) is 9.84 Å². The van der Waals surface area contributed by atoms with Gasteiger partial charge in [-0.15, -0.1) is 0 Å². The SMILES string of the molecule is O=C(O)CC1CCC(Oc2ccc(-c3ccc(-c4nc5c(F)cc(F)cc5[nH]4)cn3)cn2)CC1. The van der Waals surface area contributed by atoms with Gasteiger partial charge in [-0.05, 0) is 55.9 Å². The lowest BCUT2D eigenvalue weighted by Crippen LogP contribution is -2.25. The van der Waals surface area contributed by atoms with Crippen LogP contribution in [0.25, 0.3) is 33.7 Å². The molecule has 0 atom stereocenters. The Morgan fingerprint density at radius 2 is 1.79 bits per heavy atom. The van der Waals surface area contributed by atoms with Crippen LogP contribution in [0.3, 0.4) is 0 Å². The van der Waals surface area contributed by atoms with Gasteiger partial charge in [0.25, 0.3) is 0 Å². The van der Waals surface area contributed by atoms with E-state index in [0.29, 0.717) is 23.0 Å². The maximum absolute atomic E-state index is 13.9. The van der Waals surface area contributed by atoms with Gasteiger partial charge < -0.3 is 14.8 Å². The van der Waals surface area contributed by atoms with Crippen molar-refractivity contribution in [3.63, 3.8) is 0 Å². The summed E-state index contributed by atoms with van der Waals surface area (Å²) in [5, 5.41) is 8.93. The molecule has 1 aromatic carbocycles. The van der Waals surface area contributed by atoms with E-state index in [9.17, 15) is 13.6 Å². The molecule has 7 nitrogen and oxygen atoms in total. The first-order valence-electron chi connectivity index (χ1n) is 11.1. The van der Waals surface area contributed by atoms with Gasteiger partial charge in [-0.1, -0.05) is 0 Å². The standard InChI is InChI=1S/C25H22F2N4O3/c26-17-10-19(27)24-21(11-17)30-25(31-24)16-3-7-20(28-13-16)15-4-8-22(29-12-15)34-18-5-1-14(2-6-18)9-23(32)33/h3-4,7-8,10-14,18H,1-2,5-6,9H2,(H,30,31)(H,32,33). The molecule has 34 heavy (non-hydrogen) atoms. The van der Waals surface area contributed by atoms with Crippen LogP contribution in [0.4, 0.5) is 8.78 Å². The second-order valence-corrected chi connectivity index (χ2v) is 8.54. The maximum atomic E-state index is 13.9. The second kappa shape index (κ2) is 9.17. The van der Waals surface area contributed by atoms with Crippen molar-refractivity contribution in [2.75, 3.05) is 0 Å². The van der Waals surface area contributed by atoms with Gasteiger partial charge in [0.1, 0.15) is 23.3 Å². The number of hydrogen-bond donors (Lipinski definition) is 2. The minimum atomic E-state index is -0.745. The number of nitrogens with one attached hydrogen (secondary N) is 1. The van der Waals surface area contributed by atoms with E-state index in [1.54, 1.807) is 30.6 Å². The summed E-state index contributed by atoms with van der Waals surface area (Å²) in [6, 6.07) is 9.28. The molecule has 0 saturated heterocycles. The van der Waals surface area contributed by atoms with Crippen molar-refractivity contribution in [3.8, 4) is 28.5 Å². The Morgan fingerprint density at radius 1 is 1.03 bits per heavy atom. The molecule has 3 aromatic heterocycles. The lowest BCUT2D eigenvalue weighted by Gasteiger charge is -2.27. The first kappa shape index (κ1) is 21.9. The Balaban J connectivity index is 1.24. The molecule has 0 spiro atoms. The van der Waals surface area contributed by atoms with Crippen LogP contribution in [0, 0.1) is 17.6 Å². The number of aliphatic carboxylic acids is 1. The highest BCUT2D eigenvalue weighted by Gasteiger charge is 2.24. The monoisotopic (exact) mass is 464 g/mol. The molecule has 0 bridgehead atoms. The molecule has 9 heteroatoms. The van der Waals surface area contributed by atoms with Crippen molar-refractivity contribution < 1.29 is 23.4 Å². The van der Waals surface area contributed by atoms with Crippen LogP contribution in [0.1, 0.15) is 32.1 Å². The van der Waals surface area contributed by atoms with Gasteiger partial charge in [0.05, 0.1) is 11.2 Å². The zero-order valence-electron chi connectivity index (χ0n) is 18.2. The zero-order valence-corrected chi connectivity index (χ0v) is 18.2. The molecule has 3 heterocycles. The summed E-state index contributed by atoms with van der Waals surface area (Å²) < 4.78 is 33.3. The number of halogens is 2. The van der Waals surface area contributed by atoms with Crippen molar-refractivity contribution in [1.82, 2.24) is 19.9 Å². The molecular formula is C25H22F2N4O3. The third-order valence-electron chi connectivity index (χ3n) is 6.12. The van der Waals surface area contributed by atoms with Gasteiger partial charge >= 0.3 is 5.97 Å². The molecule has 1 aliphatic rings. The number of imidazole rings is 1. The summed E-state index contributed by atoms with van der Waals surface area (Å²) in [5.41, 5.74) is 2.51. The normalized spacial score (nSPS) is 18.2. The minimum absolute atomic E-state index is 0.0444. The van der Waals surface area contributed by atoms with Crippen LogP contribution in [0.5, 0.6) is 5.88 Å². The lowest BCUT2D eigenvalue weighted by molar-refractivity contribution is -0.138. The summed E-state index contributed by atoms with van der Waals surface area (Å²) >= 11 is 0. The van der Waals surface area contributed by atoms with Crippen LogP contribution in [-0.2, 0) is 4.79 Å².